The smallest absolute Gasteiger partial charge is 0.358 e. The van der Waals surface area contributed by atoms with E-state index in [1.807, 2.05) is 0 Å². The van der Waals surface area contributed by atoms with Crippen LogP contribution in [0.1, 0.15) is 33.4 Å². The van der Waals surface area contributed by atoms with Crippen LogP contribution >= 0.6 is 0 Å². The van der Waals surface area contributed by atoms with Gasteiger partial charge in [-0.15, -0.1) is 34.5 Å². The summed E-state index contributed by atoms with van der Waals surface area (Å²) in [5.74, 6) is 0. The molecule has 0 radical (unpaired) electrons. The van der Waals surface area contributed by atoms with Gasteiger partial charge in [-0.3, -0.25) is 0 Å². The van der Waals surface area contributed by atoms with Crippen molar-refractivity contribution >= 4 is 10.8 Å². The van der Waals surface area contributed by atoms with E-state index in [1.54, 1.807) is 0 Å². The Hall–Kier alpha value is -0.937. The molecule has 3 aromatic rings. The summed E-state index contributed by atoms with van der Waals surface area (Å²) in [6, 6.07) is 12.8. The molecule has 0 aliphatic rings. The second kappa shape index (κ2) is 10.0. The zero-order valence-corrected chi connectivity index (χ0v) is 18.4. The van der Waals surface area contributed by atoms with Gasteiger partial charge in [0, 0.05) is 0 Å². The molecule has 0 aliphatic heterocycles. The Morgan fingerprint density at radius 1 is 0.739 bits per heavy atom. The summed E-state index contributed by atoms with van der Waals surface area (Å²) in [6.45, 7) is 13.1. The molecule has 0 bridgehead atoms. The monoisotopic (exact) mass is 384 g/mol. The molecule has 0 saturated heterocycles. The number of aryl methyl sites for hydroxylation is 1. The van der Waals surface area contributed by atoms with Crippen LogP contribution in [0.5, 0.6) is 0 Å². The van der Waals surface area contributed by atoms with Gasteiger partial charge in [0.05, 0.1) is 0 Å². The van der Waals surface area contributed by atoms with Crippen molar-refractivity contribution in [1.29, 1.82) is 0 Å². The van der Waals surface area contributed by atoms with Crippen molar-refractivity contribution in [2.45, 2.75) is 41.5 Å². The standard InChI is InChI=1S/C10H9.C10H15.2CH3.Zr/c1-8-6-7-9-4-2-3-5-10(8)9;1-6-7(2)9(4)10(5)8(6)3;;;/h2-7H,1H3;1-5H3;2*1H3;/q4*-1;+4. The minimum absolute atomic E-state index is 0. The molecule has 0 spiro atoms. The molecule has 0 aliphatic carbocycles. The Morgan fingerprint density at radius 3 is 1.61 bits per heavy atom. The Labute approximate surface area is 162 Å². The van der Waals surface area contributed by atoms with Gasteiger partial charge in [0.1, 0.15) is 0 Å². The molecule has 0 nitrogen and oxygen atoms in total. The molecule has 0 amide bonds. The van der Waals surface area contributed by atoms with Gasteiger partial charge in [-0.25, -0.2) is 0 Å². The third-order valence-electron chi connectivity index (χ3n) is 4.71. The average molecular weight is 386 g/mol. The van der Waals surface area contributed by atoms with E-state index >= 15 is 0 Å². The van der Waals surface area contributed by atoms with Crippen molar-refractivity contribution < 1.29 is 26.2 Å². The van der Waals surface area contributed by atoms with Crippen molar-refractivity contribution in [3.8, 4) is 0 Å². The van der Waals surface area contributed by atoms with E-state index in [-0.39, 0.29) is 41.1 Å². The maximum atomic E-state index is 2.20. The SMILES string of the molecule is C[c-]1ccc2ccccc21.Cc1c(C)c(C)[c-](C)c1C.[CH3-].[CH3-].[Zr+4]. The van der Waals surface area contributed by atoms with Crippen LogP contribution in [0.4, 0.5) is 0 Å². The van der Waals surface area contributed by atoms with Gasteiger partial charge in [-0.2, -0.15) is 39.9 Å². The first-order chi connectivity index (χ1) is 9.43. The van der Waals surface area contributed by atoms with Crippen molar-refractivity contribution in [3.05, 3.63) is 84.6 Å². The molecule has 0 heterocycles. The summed E-state index contributed by atoms with van der Waals surface area (Å²) in [5.41, 5.74) is 8.71. The summed E-state index contributed by atoms with van der Waals surface area (Å²) in [7, 11) is 0. The van der Waals surface area contributed by atoms with Crippen molar-refractivity contribution in [3.63, 3.8) is 0 Å². The summed E-state index contributed by atoms with van der Waals surface area (Å²) in [4.78, 5) is 0. The third kappa shape index (κ3) is 5.02. The molecular formula is C22H30Zr. The molecule has 3 aromatic carbocycles. The molecule has 0 saturated carbocycles. The minimum Gasteiger partial charge on any atom is -0.358 e. The minimum atomic E-state index is 0. The molecule has 3 rings (SSSR count). The van der Waals surface area contributed by atoms with E-state index in [9.17, 15) is 0 Å². The topological polar surface area (TPSA) is 0 Å². The fraction of sp³-hybridized carbons (Fsp3) is 0.273. The molecule has 0 unspecified atom stereocenters. The molecule has 122 valence electrons. The van der Waals surface area contributed by atoms with Crippen molar-refractivity contribution in [2.24, 2.45) is 0 Å². The molecule has 0 atom stereocenters. The third-order valence-corrected chi connectivity index (χ3v) is 4.71. The number of hydrogen-bond donors (Lipinski definition) is 0. The first kappa shape index (κ1) is 24.3. The largest absolute Gasteiger partial charge is 4.00 e. The predicted octanol–water partition coefficient (Wildman–Crippen LogP) is 6.71. The first-order valence-electron chi connectivity index (χ1n) is 7.24. The Balaban J connectivity index is 0. The summed E-state index contributed by atoms with van der Waals surface area (Å²) >= 11 is 0. The Kier molecular flexibility index (Phi) is 10.6. The van der Waals surface area contributed by atoms with Crippen LogP contribution in [0.3, 0.4) is 0 Å². The van der Waals surface area contributed by atoms with Gasteiger partial charge in [0.2, 0.25) is 0 Å². The van der Waals surface area contributed by atoms with Gasteiger partial charge >= 0.3 is 26.2 Å². The van der Waals surface area contributed by atoms with E-state index in [1.165, 1.54) is 44.2 Å². The van der Waals surface area contributed by atoms with E-state index < -0.39 is 0 Å². The van der Waals surface area contributed by atoms with Crippen LogP contribution in [0, 0.1) is 56.4 Å². The summed E-state index contributed by atoms with van der Waals surface area (Å²) < 4.78 is 0. The predicted molar refractivity (Wildman–Crippen MR) is 103 cm³/mol. The van der Waals surface area contributed by atoms with E-state index in [2.05, 4.69) is 77.9 Å². The zero-order valence-electron chi connectivity index (χ0n) is 16.0. The van der Waals surface area contributed by atoms with E-state index in [0.717, 1.165) is 0 Å². The number of benzene rings is 1. The molecule has 23 heavy (non-hydrogen) atoms. The molecule has 0 aromatic heterocycles. The van der Waals surface area contributed by atoms with Crippen LogP contribution in [0.25, 0.3) is 10.8 Å². The summed E-state index contributed by atoms with van der Waals surface area (Å²) in [5, 5.41) is 2.72. The summed E-state index contributed by atoms with van der Waals surface area (Å²) in [6.07, 6.45) is 0. The van der Waals surface area contributed by atoms with Crippen LogP contribution in [0.15, 0.2) is 36.4 Å². The van der Waals surface area contributed by atoms with Crippen molar-refractivity contribution in [1.82, 2.24) is 0 Å². The molecule has 0 fully saturated rings. The fourth-order valence-electron chi connectivity index (χ4n) is 2.71. The Bertz CT molecular complexity index is 646. The fourth-order valence-corrected chi connectivity index (χ4v) is 2.71. The van der Waals surface area contributed by atoms with Crippen LogP contribution in [-0.4, -0.2) is 0 Å². The second-order valence-corrected chi connectivity index (χ2v) is 5.73. The zero-order chi connectivity index (χ0) is 14.9. The maximum Gasteiger partial charge on any atom is 4.00 e. The van der Waals surface area contributed by atoms with Gasteiger partial charge in [-0.05, 0) is 0 Å². The van der Waals surface area contributed by atoms with E-state index in [4.69, 9.17) is 0 Å². The molecule has 1 heteroatoms. The van der Waals surface area contributed by atoms with Gasteiger partial charge in [-0.1, -0.05) is 47.6 Å². The number of rotatable bonds is 0. The maximum absolute atomic E-state index is 2.20. The van der Waals surface area contributed by atoms with Crippen LogP contribution < -0.4 is 0 Å². The quantitative estimate of drug-likeness (QED) is 0.377. The number of fused-ring (bicyclic) bond motifs is 1. The van der Waals surface area contributed by atoms with Crippen LogP contribution in [-0.2, 0) is 26.2 Å². The van der Waals surface area contributed by atoms with Gasteiger partial charge < -0.3 is 14.9 Å². The van der Waals surface area contributed by atoms with Crippen LogP contribution in [0.2, 0.25) is 0 Å². The normalized spacial score (nSPS) is 9.13. The first-order valence-corrected chi connectivity index (χ1v) is 7.24. The second-order valence-electron chi connectivity index (χ2n) is 5.73. The van der Waals surface area contributed by atoms with E-state index in [0.29, 0.717) is 0 Å². The molecule has 0 N–H and O–H groups in total. The average Bonchev–Trinajstić information content (AvgIpc) is 2.92. The van der Waals surface area contributed by atoms with Crippen molar-refractivity contribution in [2.75, 3.05) is 0 Å². The Morgan fingerprint density at radius 2 is 1.22 bits per heavy atom. The van der Waals surface area contributed by atoms with Gasteiger partial charge in [0.15, 0.2) is 0 Å². The molecular weight excluding hydrogens is 355 g/mol. The van der Waals surface area contributed by atoms with Gasteiger partial charge in [0.25, 0.3) is 0 Å². The number of hydrogen-bond acceptors (Lipinski definition) is 0.